The summed E-state index contributed by atoms with van der Waals surface area (Å²) in [5, 5.41) is 8.86. The molecule has 0 aliphatic carbocycles. The van der Waals surface area contributed by atoms with Gasteiger partial charge in [0, 0.05) is 82.5 Å². The maximum absolute atomic E-state index is 7.37. The van der Waals surface area contributed by atoms with Gasteiger partial charge in [0.05, 0.1) is 44.8 Å². The molecule has 4 aromatic heterocycles. The third-order valence-corrected chi connectivity index (χ3v) is 24.3. The van der Waals surface area contributed by atoms with Crippen LogP contribution in [0.2, 0.25) is 0 Å². The molecule has 0 saturated carbocycles. The fraction of sp³-hybridized carbons (Fsp3) is 0. The summed E-state index contributed by atoms with van der Waals surface area (Å²) in [5.74, 6) is 0. The van der Waals surface area contributed by atoms with Crippen LogP contribution in [-0.4, -0.2) is 15.8 Å². The molecule has 6 heterocycles. The molecule has 2 aliphatic rings. The van der Waals surface area contributed by atoms with Gasteiger partial charge in [-0.15, -0.1) is 0 Å². The number of anilines is 6. The zero-order chi connectivity index (χ0) is 75.3. The lowest BCUT2D eigenvalue weighted by molar-refractivity contribution is 0.669. The molecule has 0 N–H and O–H groups in total. The van der Waals surface area contributed by atoms with Gasteiger partial charge in [-0.05, 0) is 187 Å². The predicted molar refractivity (Wildman–Crippen MR) is 482 cm³/mol. The smallest absolute Gasteiger partial charge is 0.252 e. The maximum Gasteiger partial charge on any atom is 0.252 e. The van der Waals surface area contributed by atoms with Crippen LogP contribution in [0.3, 0.4) is 0 Å². The first-order chi connectivity index (χ1) is 57.1. The Hall–Kier alpha value is -15.2. The van der Waals surface area contributed by atoms with Gasteiger partial charge < -0.3 is 27.8 Å². The van der Waals surface area contributed by atoms with E-state index >= 15 is 0 Å². The van der Waals surface area contributed by atoms with E-state index < -0.39 is 6.71 Å². The normalized spacial score (nSPS) is 12.5. The first-order valence-electron chi connectivity index (χ1n) is 39.6. The molecule has 0 unspecified atom stereocenters. The average molecular weight is 1460 g/mol. The molecule has 534 valence electrons. The van der Waals surface area contributed by atoms with E-state index in [0.717, 1.165) is 183 Å². The molecule has 0 fully saturated rings. The standard InChI is InChI=1S/C108H67BN4O2/c1-5-30-68(31-6-1)75-38-13-15-40-77(75)72-56-58-103-85(60-72)87-64-99-89(66-105(87)114-103)109-90-67-106-88(86-61-73(57-59-104(86)115-106)78-41-16-14-39-76(78)69-32-7-2-8-33-69)65-100(90)113(92-49-24-18-43-80(92)71-36-11-4-12-37-71)102-63-74(62-101(108(102)109)112(99)91-48-23-17-42-79(91)70-34-9-3-10-35-70)107-97(110-93-50-25-19-44-81(93)82-45-20-26-51-94(82)110)54-29-55-98(107)111-95-52-27-21-46-83(95)84-47-22-28-53-96(84)111/h1-67H. The molecule has 22 aromatic rings. The summed E-state index contributed by atoms with van der Waals surface area (Å²) < 4.78 is 19.8. The Balaban J connectivity index is 0.864. The Kier molecular flexibility index (Phi) is 14.4. The largest absolute Gasteiger partial charge is 0.456 e. The fourth-order valence-electron chi connectivity index (χ4n) is 19.4. The second-order valence-electron chi connectivity index (χ2n) is 30.5. The van der Waals surface area contributed by atoms with Crippen molar-refractivity contribution in [1.29, 1.82) is 0 Å². The third kappa shape index (κ3) is 9.97. The Morgan fingerprint density at radius 1 is 0.183 bits per heavy atom. The van der Waals surface area contributed by atoms with Crippen molar-refractivity contribution in [3.8, 4) is 89.3 Å². The van der Waals surface area contributed by atoms with Crippen molar-refractivity contribution in [3.05, 3.63) is 406 Å². The minimum absolute atomic E-state index is 0.398. The molecular weight excluding hydrogens is 1400 g/mol. The lowest BCUT2D eigenvalue weighted by Gasteiger charge is -2.45. The number of nitrogens with zero attached hydrogens (tertiary/aromatic N) is 4. The van der Waals surface area contributed by atoms with Crippen LogP contribution in [-0.2, 0) is 0 Å². The number of rotatable bonds is 11. The van der Waals surface area contributed by atoms with Crippen LogP contribution in [0.4, 0.5) is 34.1 Å². The van der Waals surface area contributed by atoms with Gasteiger partial charge in [-0.2, -0.15) is 0 Å². The van der Waals surface area contributed by atoms with Crippen LogP contribution in [0.5, 0.6) is 0 Å². The van der Waals surface area contributed by atoms with Crippen molar-refractivity contribution in [2.75, 3.05) is 9.80 Å². The summed E-state index contributed by atoms with van der Waals surface area (Å²) in [6, 6.07) is 150. The average Bonchev–Trinajstić information content (AvgIpc) is 1.66. The van der Waals surface area contributed by atoms with Crippen LogP contribution >= 0.6 is 0 Å². The van der Waals surface area contributed by atoms with Crippen LogP contribution in [0.1, 0.15) is 0 Å². The number of hydrogen-bond donors (Lipinski definition) is 0. The summed E-state index contributed by atoms with van der Waals surface area (Å²) in [6.07, 6.45) is 0. The summed E-state index contributed by atoms with van der Waals surface area (Å²) in [4.78, 5) is 5.24. The molecule has 18 aromatic carbocycles. The number of hydrogen-bond acceptors (Lipinski definition) is 4. The molecule has 0 saturated heterocycles. The summed E-state index contributed by atoms with van der Waals surface area (Å²) in [6.45, 7) is -0.398. The highest BCUT2D eigenvalue weighted by atomic mass is 16.3. The Morgan fingerprint density at radius 3 is 0.870 bits per heavy atom. The van der Waals surface area contributed by atoms with Crippen molar-refractivity contribution in [2.24, 2.45) is 0 Å². The van der Waals surface area contributed by atoms with Crippen molar-refractivity contribution in [3.63, 3.8) is 0 Å². The zero-order valence-corrected chi connectivity index (χ0v) is 62.4. The van der Waals surface area contributed by atoms with E-state index in [-0.39, 0.29) is 0 Å². The number of fused-ring (bicyclic) bond motifs is 16. The highest BCUT2D eigenvalue weighted by molar-refractivity contribution is 7.00. The summed E-state index contributed by atoms with van der Waals surface area (Å²) in [5.41, 5.74) is 35.1. The SMILES string of the molecule is c1ccc(-c2ccccc2-c2ccc3oc4cc5c(cc4c3c2)N(c2ccccc2-c2ccccc2)c2cc(-c3c(-n4c6ccccc6c6ccccc64)cccc3-n3c4ccccc4c4ccccc43)cc3c2B5c2cc4oc5ccc(-c6ccccc6-c6ccccc6)cc5c4cc2N3c2ccccc2-c2ccccc2)cc1. The summed E-state index contributed by atoms with van der Waals surface area (Å²) >= 11 is 0. The minimum Gasteiger partial charge on any atom is -0.456 e. The molecule has 2 aliphatic heterocycles. The van der Waals surface area contributed by atoms with Crippen LogP contribution in [0, 0.1) is 0 Å². The monoisotopic (exact) mass is 1460 g/mol. The van der Waals surface area contributed by atoms with E-state index in [4.69, 9.17) is 8.83 Å². The van der Waals surface area contributed by atoms with Gasteiger partial charge in [-0.3, -0.25) is 0 Å². The number of para-hydroxylation sites is 6. The molecule has 6 nitrogen and oxygen atoms in total. The van der Waals surface area contributed by atoms with Gasteiger partial charge in [-0.1, -0.05) is 297 Å². The lowest BCUT2D eigenvalue weighted by atomic mass is 9.33. The van der Waals surface area contributed by atoms with Gasteiger partial charge in [0.1, 0.15) is 22.3 Å². The second kappa shape index (κ2) is 25.7. The Bertz CT molecular complexity index is 7190. The quantitative estimate of drug-likeness (QED) is 0.121. The Labute approximate surface area is 663 Å². The highest BCUT2D eigenvalue weighted by Gasteiger charge is 2.46. The lowest BCUT2D eigenvalue weighted by Crippen LogP contribution is -2.61. The van der Waals surface area contributed by atoms with E-state index in [1.165, 1.54) is 43.8 Å². The molecular formula is C108H67BN4O2. The van der Waals surface area contributed by atoms with Gasteiger partial charge >= 0.3 is 0 Å². The van der Waals surface area contributed by atoms with Gasteiger partial charge in [0.25, 0.3) is 6.71 Å². The van der Waals surface area contributed by atoms with Gasteiger partial charge in [0.15, 0.2) is 0 Å². The molecule has 0 amide bonds. The van der Waals surface area contributed by atoms with Crippen molar-refractivity contribution in [1.82, 2.24) is 9.13 Å². The van der Waals surface area contributed by atoms with Gasteiger partial charge in [-0.25, -0.2) is 0 Å². The predicted octanol–water partition coefficient (Wildman–Crippen LogP) is 27.4. The summed E-state index contributed by atoms with van der Waals surface area (Å²) in [7, 11) is 0. The van der Waals surface area contributed by atoms with Crippen molar-refractivity contribution < 1.29 is 8.83 Å². The van der Waals surface area contributed by atoms with Crippen LogP contribution in [0.15, 0.2) is 415 Å². The first-order valence-corrected chi connectivity index (χ1v) is 39.6. The third-order valence-electron chi connectivity index (χ3n) is 24.3. The van der Waals surface area contributed by atoms with E-state index in [0.29, 0.717) is 0 Å². The highest BCUT2D eigenvalue weighted by Crippen LogP contribution is 2.54. The second-order valence-corrected chi connectivity index (χ2v) is 30.5. The van der Waals surface area contributed by atoms with Crippen molar-refractivity contribution in [2.45, 2.75) is 0 Å². The van der Waals surface area contributed by atoms with Crippen LogP contribution < -0.4 is 26.2 Å². The van der Waals surface area contributed by atoms with Crippen LogP contribution in [0.25, 0.3) is 177 Å². The van der Waals surface area contributed by atoms with Crippen molar-refractivity contribution >= 4 is 145 Å². The first kappa shape index (κ1) is 64.6. The molecule has 7 heteroatoms. The van der Waals surface area contributed by atoms with E-state index in [9.17, 15) is 0 Å². The molecule has 0 spiro atoms. The maximum atomic E-state index is 7.37. The number of benzene rings is 18. The zero-order valence-electron chi connectivity index (χ0n) is 62.4. The topological polar surface area (TPSA) is 42.6 Å². The van der Waals surface area contributed by atoms with E-state index in [1.807, 2.05) is 0 Å². The minimum atomic E-state index is -0.398. The molecule has 0 radical (unpaired) electrons. The molecule has 0 bridgehead atoms. The number of furan rings is 2. The number of aromatic nitrogens is 2. The molecule has 0 atom stereocenters. The fourth-order valence-corrected chi connectivity index (χ4v) is 19.4. The molecule has 115 heavy (non-hydrogen) atoms. The molecule has 24 rings (SSSR count). The van der Waals surface area contributed by atoms with E-state index in [2.05, 4.69) is 425 Å². The van der Waals surface area contributed by atoms with E-state index in [1.54, 1.807) is 0 Å². The Morgan fingerprint density at radius 2 is 0.487 bits per heavy atom. The van der Waals surface area contributed by atoms with Gasteiger partial charge in [0.2, 0.25) is 0 Å².